The van der Waals surface area contributed by atoms with Crippen LogP contribution in [0.1, 0.15) is 32.1 Å². The van der Waals surface area contributed by atoms with Crippen molar-refractivity contribution in [2.24, 2.45) is 11.8 Å². The summed E-state index contributed by atoms with van der Waals surface area (Å²) in [6, 6.07) is 0.0964. The van der Waals surface area contributed by atoms with Gasteiger partial charge in [0.2, 0.25) is 0 Å². The molecule has 0 aromatic carbocycles. The highest BCUT2D eigenvalue weighted by atomic mass is 16.5. The number of ether oxygens (including phenoxy) is 1. The Morgan fingerprint density at radius 3 is 2.95 bits per heavy atom. The Hall–Kier alpha value is -1.58. The average molecular weight is 261 g/mol. The fourth-order valence-corrected chi connectivity index (χ4v) is 2.90. The van der Waals surface area contributed by atoms with E-state index in [4.69, 9.17) is 4.74 Å². The van der Waals surface area contributed by atoms with E-state index in [0.717, 1.165) is 12.8 Å². The highest BCUT2D eigenvalue weighted by molar-refractivity contribution is 5.79. The van der Waals surface area contributed by atoms with Crippen LogP contribution in [-0.4, -0.2) is 24.5 Å². The molecule has 0 aromatic rings. The van der Waals surface area contributed by atoms with Crippen LogP contribution >= 0.6 is 0 Å². The van der Waals surface area contributed by atoms with Crippen LogP contribution in [0.4, 0.5) is 4.79 Å². The summed E-state index contributed by atoms with van der Waals surface area (Å²) in [5.74, 6) is 1.58. The third-order valence-electron chi connectivity index (χ3n) is 4.22. The van der Waals surface area contributed by atoms with Crippen LogP contribution in [0, 0.1) is 11.8 Å². The molecule has 2 saturated carbocycles. The van der Waals surface area contributed by atoms with Crippen molar-refractivity contribution in [2.45, 2.75) is 38.1 Å². The van der Waals surface area contributed by atoms with E-state index in [1.165, 1.54) is 12.0 Å². The lowest BCUT2D eigenvalue weighted by atomic mass is 9.95. The highest BCUT2D eigenvalue weighted by Crippen LogP contribution is 2.47. The lowest BCUT2D eigenvalue weighted by molar-refractivity contribution is -0.120. The Kier molecular flexibility index (Phi) is 3.40. The number of fused-ring (bicyclic) bond motifs is 1. The molecular weight excluding hydrogens is 242 g/mol. The molecule has 1 amide bonds. The molecule has 4 nitrogen and oxygen atoms in total. The van der Waals surface area contributed by atoms with E-state index >= 15 is 0 Å². The second-order valence-electron chi connectivity index (χ2n) is 5.67. The Morgan fingerprint density at radius 2 is 2.16 bits per heavy atom. The molecule has 3 aliphatic carbocycles. The minimum absolute atomic E-state index is 0.0964. The van der Waals surface area contributed by atoms with Crippen LogP contribution in [0.15, 0.2) is 23.8 Å². The van der Waals surface area contributed by atoms with Crippen LogP contribution in [0.25, 0.3) is 0 Å². The van der Waals surface area contributed by atoms with Gasteiger partial charge in [-0.2, -0.15) is 0 Å². The first-order valence-corrected chi connectivity index (χ1v) is 7.04. The zero-order chi connectivity index (χ0) is 13.2. The van der Waals surface area contributed by atoms with Crippen molar-refractivity contribution in [3.05, 3.63) is 23.8 Å². The summed E-state index contributed by atoms with van der Waals surface area (Å²) in [6.45, 7) is 0.392. The number of hydrogen-bond acceptors (Lipinski definition) is 3. The van der Waals surface area contributed by atoms with E-state index in [9.17, 15) is 9.59 Å². The summed E-state index contributed by atoms with van der Waals surface area (Å²) in [4.78, 5) is 22.8. The first kappa shape index (κ1) is 12.5. The van der Waals surface area contributed by atoms with Gasteiger partial charge in [0.25, 0.3) is 0 Å². The fraction of sp³-hybridized carbons (Fsp3) is 0.600. The van der Waals surface area contributed by atoms with Crippen LogP contribution < -0.4 is 5.32 Å². The molecule has 3 rings (SSSR count). The molecule has 2 fully saturated rings. The average Bonchev–Trinajstić information content (AvgIpc) is 3.19. The smallest absolute Gasteiger partial charge is 0.407 e. The number of alkyl carbamates (subject to hydrolysis) is 1. The summed E-state index contributed by atoms with van der Waals surface area (Å²) < 4.78 is 5.27. The zero-order valence-electron chi connectivity index (χ0n) is 10.9. The van der Waals surface area contributed by atoms with Gasteiger partial charge in [0.15, 0.2) is 0 Å². The van der Waals surface area contributed by atoms with E-state index < -0.39 is 0 Å². The Bertz CT molecular complexity index is 442. The first-order chi connectivity index (χ1) is 9.22. The standard InChI is InChI=1S/C15H19NO3/c17-13-6-4-12(5-7-13)16-15(18)19-9-11-3-1-2-10-8-14(10)11/h1-3,10,12,14H,4-9H2,(H,16,18). The predicted molar refractivity (Wildman–Crippen MR) is 70.6 cm³/mol. The van der Waals surface area contributed by atoms with Crippen molar-refractivity contribution >= 4 is 11.9 Å². The minimum atomic E-state index is -0.355. The van der Waals surface area contributed by atoms with Crippen LogP contribution in [0.5, 0.6) is 0 Å². The molecule has 102 valence electrons. The van der Waals surface area contributed by atoms with Gasteiger partial charge < -0.3 is 10.1 Å². The molecule has 0 aliphatic heterocycles. The third-order valence-corrected chi connectivity index (χ3v) is 4.22. The number of amides is 1. The molecule has 0 heterocycles. The van der Waals surface area contributed by atoms with Gasteiger partial charge in [-0.3, -0.25) is 4.79 Å². The van der Waals surface area contributed by atoms with Crippen LogP contribution in [-0.2, 0) is 9.53 Å². The maximum absolute atomic E-state index is 11.7. The topological polar surface area (TPSA) is 55.4 Å². The monoisotopic (exact) mass is 261 g/mol. The molecule has 2 atom stereocenters. The van der Waals surface area contributed by atoms with Crippen molar-refractivity contribution in [3.8, 4) is 0 Å². The van der Waals surface area contributed by atoms with Gasteiger partial charge in [-0.05, 0) is 36.7 Å². The van der Waals surface area contributed by atoms with Gasteiger partial charge in [0.1, 0.15) is 12.4 Å². The fourth-order valence-electron chi connectivity index (χ4n) is 2.90. The minimum Gasteiger partial charge on any atom is -0.445 e. The lowest BCUT2D eigenvalue weighted by Gasteiger charge is -2.22. The molecule has 19 heavy (non-hydrogen) atoms. The Labute approximate surface area is 112 Å². The van der Waals surface area contributed by atoms with Crippen molar-refractivity contribution in [1.29, 1.82) is 0 Å². The predicted octanol–water partition coefficient (Wildman–Crippen LogP) is 2.36. The van der Waals surface area contributed by atoms with E-state index in [2.05, 4.69) is 23.5 Å². The third kappa shape index (κ3) is 3.06. The summed E-state index contributed by atoms with van der Waals surface area (Å²) in [6.07, 6.45) is 9.79. The van der Waals surface area contributed by atoms with Gasteiger partial charge in [0.05, 0.1) is 0 Å². The summed E-state index contributed by atoms with van der Waals surface area (Å²) in [5.41, 5.74) is 1.22. The Morgan fingerprint density at radius 1 is 1.37 bits per heavy atom. The van der Waals surface area contributed by atoms with Gasteiger partial charge in [0, 0.05) is 18.9 Å². The number of carbonyl (C=O) groups is 2. The molecular formula is C15H19NO3. The molecule has 0 radical (unpaired) electrons. The van der Waals surface area contributed by atoms with Crippen molar-refractivity contribution in [2.75, 3.05) is 6.61 Å². The second-order valence-corrected chi connectivity index (χ2v) is 5.67. The number of nitrogens with one attached hydrogen (secondary N) is 1. The number of carbonyl (C=O) groups excluding carboxylic acids is 2. The van der Waals surface area contributed by atoms with E-state index in [1.807, 2.05) is 0 Å². The number of hydrogen-bond donors (Lipinski definition) is 1. The number of rotatable bonds is 3. The molecule has 2 unspecified atom stereocenters. The van der Waals surface area contributed by atoms with Crippen LogP contribution in [0.2, 0.25) is 0 Å². The largest absolute Gasteiger partial charge is 0.445 e. The number of Topliss-reactive ketones (excluding diaryl/α,β-unsaturated/α-hetero) is 1. The van der Waals surface area contributed by atoms with E-state index in [0.29, 0.717) is 37.1 Å². The first-order valence-electron chi connectivity index (χ1n) is 7.04. The maximum Gasteiger partial charge on any atom is 0.407 e. The maximum atomic E-state index is 11.7. The summed E-state index contributed by atoms with van der Waals surface area (Å²) in [7, 11) is 0. The normalized spacial score (nSPS) is 29.5. The van der Waals surface area contributed by atoms with Gasteiger partial charge in [-0.15, -0.1) is 0 Å². The molecule has 4 heteroatoms. The molecule has 0 bridgehead atoms. The lowest BCUT2D eigenvalue weighted by Crippen LogP contribution is -2.38. The van der Waals surface area contributed by atoms with Gasteiger partial charge in [-0.1, -0.05) is 18.2 Å². The van der Waals surface area contributed by atoms with Crippen molar-refractivity contribution in [1.82, 2.24) is 5.32 Å². The molecule has 0 aromatic heterocycles. The molecule has 3 aliphatic rings. The quantitative estimate of drug-likeness (QED) is 0.848. The highest BCUT2D eigenvalue weighted by Gasteiger charge is 2.39. The molecule has 0 spiro atoms. The number of allylic oxidation sites excluding steroid dienone is 3. The van der Waals surface area contributed by atoms with E-state index in [1.54, 1.807) is 0 Å². The SMILES string of the molecule is O=C1CCC(NC(=O)OCC2=CC=CC3CC23)CC1. The van der Waals surface area contributed by atoms with Gasteiger partial charge in [-0.25, -0.2) is 4.79 Å². The summed E-state index contributed by atoms with van der Waals surface area (Å²) in [5, 5.41) is 2.85. The van der Waals surface area contributed by atoms with Crippen molar-refractivity contribution in [3.63, 3.8) is 0 Å². The van der Waals surface area contributed by atoms with E-state index in [-0.39, 0.29) is 12.1 Å². The van der Waals surface area contributed by atoms with Crippen molar-refractivity contribution < 1.29 is 14.3 Å². The summed E-state index contributed by atoms with van der Waals surface area (Å²) >= 11 is 0. The van der Waals surface area contributed by atoms with Gasteiger partial charge >= 0.3 is 6.09 Å². The Balaban J connectivity index is 1.40. The van der Waals surface area contributed by atoms with Crippen LogP contribution in [0.3, 0.4) is 0 Å². The molecule has 1 N–H and O–H groups in total. The molecule has 0 saturated heterocycles. The zero-order valence-corrected chi connectivity index (χ0v) is 10.9. The number of ketones is 1. The second kappa shape index (κ2) is 5.19.